The Labute approximate surface area is 154 Å². The summed E-state index contributed by atoms with van der Waals surface area (Å²) in [6.07, 6.45) is 2.77. The van der Waals surface area contributed by atoms with E-state index in [0.717, 1.165) is 18.2 Å². The summed E-state index contributed by atoms with van der Waals surface area (Å²) in [6.45, 7) is 13.7. The SMILES string of the molecule is C=CC(=O)C(C)n1c(=O)n(C(C)C(=O)C=C)c(=O)n(C(C)C(=O)C=C)c1=O. The molecule has 1 aromatic heterocycles. The molecule has 0 bridgehead atoms. The summed E-state index contributed by atoms with van der Waals surface area (Å²) in [6, 6.07) is -3.88. The highest BCUT2D eigenvalue weighted by Gasteiger charge is 2.29. The third-order valence-electron chi connectivity index (χ3n) is 4.24. The van der Waals surface area contributed by atoms with Crippen molar-refractivity contribution in [1.82, 2.24) is 13.7 Å². The predicted octanol–water partition coefficient (Wildman–Crippen LogP) is 0.120. The Morgan fingerprint density at radius 1 is 0.630 bits per heavy atom. The molecule has 0 fully saturated rings. The van der Waals surface area contributed by atoms with Crippen molar-refractivity contribution in [2.75, 3.05) is 0 Å². The van der Waals surface area contributed by atoms with Gasteiger partial charge in [-0.2, -0.15) is 0 Å². The number of rotatable bonds is 9. The maximum absolute atomic E-state index is 12.8. The van der Waals surface area contributed by atoms with Gasteiger partial charge in [-0.1, -0.05) is 19.7 Å². The standard InChI is InChI=1S/C18H21N3O6/c1-7-13(22)10(4)19-16(25)20(11(5)14(23)8-2)18(27)21(17(19)26)12(6)15(24)9-3/h7-12H,1-3H2,4-6H3. The number of ketones is 3. The molecule has 0 radical (unpaired) electrons. The lowest BCUT2D eigenvalue weighted by Crippen LogP contribution is -2.58. The minimum absolute atomic E-state index is 0.519. The van der Waals surface area contributed by atoms with Crippen LogP contribution in [0, 0.1) is 0 Å². The lowest BCUT2D eigenvalue weighted by atomic mass is 10.2. The first-order chi connectivity index (χ1) is 12.5. The Kier molecular flexibility index (Phi) is 6.70. The summed E-state index contributed by atoms with van der Waals surface area (Å²) in [5.74, 6) is -1.97. The van der Waals surface area contributed by atoms with Crippen LogP contribution in [0.15, 0.2) is 52.3 Å². The number of carbonyl (C=O) groups excluding carboxylic acids is 3. The van der Waals surface area contributed by atoms with Gasteiger partial charge in [0.25, 0.3) is 0 Å². The molecule has 0 aliphatic carbocycles. The zero-order valence-electron chi connectivity index (χ0n) is 15.4. The molecule has 144 valence electrons. The fourth-order valence-corrected chi connectivity index (χ4v) is 2.48. The average molecular weight is 375 g/mol. The van der Waals surface area contributed by atoms with Crippen LogP contribution in [0.5, 0.6) is 0 Å². The van der Waals surface area contributed by atoms with Gasteiger partial charge in [0.2, 0.25) is 0 Å². The van der Waals surface area contributed by atoms with Gasteiger partial charge < -0.3 is 0 Å². The maximum atomic E-state index is 12.8. The summed E-state index contributed by atoms with van der Waals surface area (Å²) in [5.41, 5.74) is -3.44. The first kappa shape index (κ1) is 21.7. The van der Waals surface area contributed by atoms with Crippen LogP contribution in [0.4, 0.5) is 0 Å². The molecule has 0 saturated heterocycles. The van der Waals surface area contributed by atoms with Crippen molar-refractivity contribution in [2.45, 2.75) is 38.9 Å². The van der Waals surface area contributed by atoms with Crippen molar-refractivity contribution < 1.29 is 14.4 Å². The van der Waals surface area contributed by atoms with E-state index < -0.39 is 52.5 Å². The number of allylic oxidation sites excluding steroid dienone is 3. The molecule has 0 N–H and O–H groups in total. The Bertz CT molecular complexity index is 849. The molecule has 3 atom stereocenters. The first-order valence-corrected chi connectivity index (χ1v) is 8.03. The molecule has 1 aromatic rings. The van der Waals surface area contributed by atoms with E-state index in [4.69, 9.17) is 0 Å². The van der Waals surface area contributed by atoms with Crippen LogP contribution in [0.25, 0.3) is 0 Å². The zero-order chi connectivity index (χ0) is 21.0. The first-order valence-electron chi connectivity index (χ1n) is 8.03. The Hall–Kier alpha value is -3.36. The zero-order valence-corrected chi connectivity index (χ0v) is 15.4. The van der Waals surface area contributed by atoms with Crippen molar-refractivity contribution >= 4 is 17.3 Å². The van der Waals surface area contributed by atoms with Gasteiger partial charge in [0.1, 0.15) is 18.1 Å². The van der Waals surface area contributed by atoms with Gasteiger partial charge in [0.05, 0.1) is 0 Å². The quantitative estimate of drug-likeness (QED) is 0.566. The van der Waals surface area contributed by atoms with Crippen molar-refractivity contribution in [1.29, 1.82) is 0 Å². The van der Waals surface area contributed by atoms with Crippen molar-refractivity contribution in [3.8, 4) is 0 Å². The van der Waals surface area contributed by atoms with Gasteiger partial charge in [-0.15, -0.1) is 0 Å². The molecule has 9 heteroatoms. The molecule has 3 unspecified atom stereocenters. The van der Waals surface area contributed by atoms with Crippen LogP contribution >= 0.6 is 0 Å². The second kappa shape index (κ2) is 8.35. The highest BCUT2D eigenvalue weighted by atomic mass is 16.2. The smallest absolute Gasteiger partial charge is 0.293 e. The summed E-state index contributed by atoms with van der Waals surface area (Å²) in [5, 5.41) is 0. The van der Waals surface area contributed by atoms with Gasteiger partial charge in [0, 0.05) is 0 Å². The van der Waals surface area contributed by atoms with E-state index >= 15 is 0 Å². The van der Waals surface area contributed by atoms with E-state index in [1.807, 2.05) is 0 Å². The molecule has 9 nitrogen and oxygen atoms in total. The minimum atomic E-state index is -1.29. The second-order valence-corrected chi connectivity index (χ2v) is 5.81. The summed E-state index contributed by atoms with van der Waals surface area (Å²) < 4.78 is 1.56. The molecular formula is C18H21N3O6. The van der Waals surface area contributed by atoms with Gasteiger partial charge in [-0.3, -0.25) is 14.4 Å². The second-order valence-electron chi connectivity index (χ2n) is 5.81. The van der Waals surface area contributed by atoms with E-state index in [1.165, 1.54) is 20.8 Å². The maximum Gasteiger partial charge on any atom is 0.337 e. The van der Waals surface area contributed by atoms with E-state index in [9.17, 15) is 28.8 Å². The molecule has 0 aliphatic rings. The third-order valence-corrected chi connectivity index (χ3v) is 4.24. The fourth-order valence-electron chi connectivity index (χ4n) is 2.48. The molecule has 27 heavy (non-hydrogen) atoms. The van der Waals surface area contributed by atoms with Gasteiger partial charge in [0.15, 0.2) is 17.3 Å². The average Bonchev–Trinajstić information content (AvgIpc) is 2.65. The monoisotopic (exact) mass is 375 g/mol. The summed E-state index contributed by atoms with van der Waals surface area (Å²) in [4.78, 5) is 74.2. The van der Waals surface area contributed by atoms with Crippen molar-refractivity contribution in [3.63, 3.8) is 0 Å². The molecule has 1 rings (SSSR count). The Morgan fingerprint density at radius 3 is 0.963 bits per heavy atom. The van der Waals surface area contributed by atoms with Crippen molar-refractivity contribution in [2.24, 2.45) is 0 Å². The number of hydrogen-bond donors (Lipinski definition) is 0. The lowest BCUT2D eigenvalue weighted by molar-refractivity contribution is -0.117. The molecule has 0 spiro atoms. The number of aromatic nitrogens is 3. The van der Waals surface area contributed by atoms with E-state index in [2.05, 4.69) is 19.7 Å². The van der Waals surface area contributed by atoms with E-state index in [0.29, 0.717) is 13.7 Å². The summed E-state index contributed by atoms with van der Waals surface area (Å²) in [7, 11) is 0. The third kappa shape index (κ3) is 3.76. The van der Waals surface area contributed by atoms with Crippen LogP contribution in [0.3, 0.4) is 0 Å². The molecule has 0 aliphatic heterocycles. The van der Waals surface area contributed by atoms with Crippen LogP contribution in [0.1, 0.15) is 38.9 Å². The lowest BCUT2D eigenvalue weighted by Gasteiger charge is -2.21. The van der Waals surface area contributed by atoms with Crippen LogP contribution < -0.4 is 17.1 Å². The highest BCUT2D eigenvalue weighted by molar-refractivity contribution is 5.93. The van der Waals surface area contributed by atoms with Crippen molar-refractivity contribution in [3.05, 3.63) is 69.4 Å². The fraction of sp³-hybridized carbons (Fsp3) is 0.333. The molecule has 0 aromatic carbocycles. The topological polar surface area (TPSA) is 117 Å². The molecule has 0 amide bonds. The minimum Gasteiger partial charge on any atom is -0.293 e. The van der Waals surface area contributed by atoms with Gasteiger partial charge in [-0.25, -0.2) is 28.1 Å². The van der Waals surface area contributed by atoms with Crippen LogP contribution in [-0.2, 0) is 14.4 Å². The predicted molar refractivity (Wildman–Crippen MR) is 99.0 cm³/mol. The van der Waals surface area contributed by atoms with Gasteiger partial charge >= 0.3 is 17.1 Å². The Morgan fingerprint density at radius 2 is 0.815 bits per heavy atom. The molecular weight excluding hydrogens is 354 g/mol. The number of carbonyl (C=O) groups is 3. The van der Waals surface area contributed by atoms with Gasteiger partial charge in [-0.05, 0) is 39.0 Å². The Balaban J connectivity index is 4.10. The molecule has 1 heterocycles. The number of nitrogens with zero attached hydrogens (tertiary/aromatic N) is 3. The highest BCUT2D eigenvalue weighted by Crippen LogP contribution is 2.07. The van der Waals surface area contributed by atoms with Crippen LogP contribution in [0.2, 0.25) is 0 Å². The summed E-state index contributed by atoms with van der Waals surface area (Å²) >= 11 is 0. The van der Waals surface area contributed by atoms with E-state index in [-0.39, 0.29) is 0 Å². The molecule has 0 saturated carbocycles. The van der Waals surface area contributed by atoms with E-state index in [1.54, 1.807) is 0 Å². The number of hydrogen-bond acceptors (Lipinski definition) is 6. The van der Waals surface area contributed by atoms with Crippen LogP contribution in [-0.4, -0.2) is 31.1 Å². The largest absolute Gasteiger partial charge is 0.337 e. The normalized spacial score (nSPS) is 13.9.